The smallest absolute Gasteiger partial charge is 0.254 e. The highest BCUT2D eigenvalue weighted by Gasteiger charge is 2.25. The average Bonchev–Trinajstić information content (AvgIpc) is 2.75. The van der Waals surface area contributed by atoms with Crippen LogP contribution in [0.15, 0.2) is 4.79 Å². The molecule has 124 valence electrons. The average molecular weight is 332 g/mol. The van der Waals surface area contributed by atoms with Gasteiger partial charge in [0.15, 0.2) is 0 Å². The lowest BCUT2D eigenvalue weighted by Crippen LogP contribution is -2.36. The summed E-state index contributed by atoms with van der Waals surface area (Å²) in [6, 6.07) is 0. The van der Waals surface area contributed by atoms with Gasteiger partial charge < -0.3 is 4.98 Å². The van der Waals surface area contributed by atoms with E-state index >= 15 is 0 Å². The molecule has 0 aromatic carbocycles. The van der Waals surface area contributed by atoms with E-state index in [4.69, 9.17) is 4.98 Å². The third kappa shape index (κ3) is 3.38. The van der Waals surface area contributed by atoms with Gasteiger partial charge in [-0.15, -0.1) is 11.3 Å². The molecule has 0 saturated heterocycles. The Hall–Kier alpha value is -1.53. The summed E-state index contributed by atoms with van der Waals surface area (Å²) in [7, 11) is 0. The summed E-state index contributed by atoms with van der Waals surface area (Å²) in [5, 5.41) is 1.11. The van der Waals surface area contributed by atoms with Gasteiger partial charge in [-0.1, -0.05) is 20.8 Å². The largest absolute Gasteiger partial charge is 0.310 e. The minimum Gasteiger partial charge on any atom is -0.310 e. The lowest BCUT2D eigenvalue weighted by molar-refractivity contribution is 0.241. The highest BCUT2D eigenvalue weighted by Crippen LogP contribution is 2.24. The zero-order valence-electron chi connectivity index (χ0n) is 14.5. The SMILES string of the molecule is Cc1nc(C)c(CN2CCc3c(nc(C(C)(C)C)[nH]c3=O)C2)s1. The molecule has 2 aromatic heterocycles. The molecule has 1 N–H and O–H groups in total. The number of fused-ring (bicyclic) bond motifs is 1. The molecule has 0 amide bonds. The number of aromatic amines is 1. The number of hydrogen-bond acceptors (Lipinski definition) is 5. The van der Waals surface area contributed by atoms with E-state index in [1.54, 1.807) is 11.3 Å². The van der Waals surface area contributed by atoms with Crippen LogP contribution in [0.1, 0.15) is 53.4 Å². The number of hydrogen-bond donors (Lipinski definition) is 1. The number of rotatable bonds is 2. The Balaban J connectivity index is 1.86. The van der Waals surface area contributed by atoms with Gasteiger partial charge in [-0.3, -0.25) is 9.69 Å². The lowest BCUT2D eigenvalue weighted by Gasteiger charge is -2.28. The second-order valence-electron chi connectivity index (χ2n) is 7.29. The first-order valence-electron chi connectivity index (χ1n) is 8.02. The summed E-state index contributed by atoms with van der Waals surface area (Å²) >= 11 is 1.76. The Bertz CT molecular complexity index is 785. The fourth-order valence-corrected chi connectivity index (χ4v) is 3.89. The molecule has 0 fully saturated rings. The Morgan fingerprint density at radius 2 is 2.00 bits per heavy atom. The second-order valence-corrected chi connectivity index (χ2v) is 8.58. The monoisotopic (exact) mass is 332 g/mol. The Morgan fingerprint density at radius 3 is 2.61 bits per heavy atom. The predicted octanol–water partition coefficient (Wildman–Crippen LogP) is 2.70. The highest BCUT2D eigenvalue weighted by atomic mass is 32.1. The Labute approximate surface area is 140 Å². The molecular weight excluding hydrogens is 308 g/mol. The maximum absolute atomic E-state index is 12.3. The molecule has 6 heteroatoms. The van der Waals surface area contributed by atoms with Crippen molar-refractivity contribution in [2.45, 2.75) is 59.5 Å². The van der Waals surface area contributed by atoms with Crippen LogP contribution < -0.4 is 5.56 Å². The zero-order valence-corrected chi connectivity index (χ0v) is 15.3. The summed E-state index contributed by atoms with van der Waals surface area (Å²) in [5.41, 5.74) is 2.79. The predicted molar refractivity (Wildman–Crippen MR) is 93.0 cm³/mol. The van der Waals surface area contributed by atoms with Crippen molar-refractivity contribution >= 4 is 11.3 Å². The first kappa shape index (κ1) is 16.3. The van der Waals surface area contributed by atoms with E-state index < -0.39 is 0 Å². The molecule has 3 heterocycles. The molecule has 2 aromatic rings. The molecule has 0 radical (unpaired) electrons. The summed E-state index contributed by atoms with van der Waals surface area (Å²) < 4.78 is 0. The van der Waals surface area contributed by atoms with E-state index in [1.807, 2.05) is 6.92 Å². The minimum absolute atomic E-state index is 0.0318. The standard InChI is InChI=1S/C17H24N4OS/c1-10-14(23-11(2)18-10)9-21-7-6-12-13(8-21)19-16(17(3,4)5)20-15(12)22/h6-9H2,1-5H3,(H,19,20,22). The molecule has 0 bridgehead atoms. The van der Waals surface area contributed by atoms with E-state index in [2.05, 4.69) is 42.6 Å². The summed E-state index contributed by atoms with van der Waals surface area (Å²) in [6.45, 7) is 12.8. The van der Waals surface area contributed by atoms with Gasteiger partial charge in [-0.25, -0.2) is 9.97 Å². The van der Waals surface area contributed by atoms with E-state index in [0.717, 1.165) is 53.8 Å². The fourth-order valence-electron chi connectivity index (χ4n) is 2.91. The van der Waals surface area contributed by atoms with Crippen molar-refractivity contribution in [3.05, 3.63) is 43.0 Å². The third-order valence-electron chi connectivity index (χ3n) is 4.23. The second kappa shape index (κ2) is 5.83. The van der Waals surface area contributed by atoms with Crippen LogP contribution in [0, 0.1) is 13.8 Å². The van der Waals surface area contributed by atoms with Crippen molar-refractivity contribution in [2.75, 3.05) is 6.54 Å². The quantitative estimate of drug-likeness (QED) is 0.918. The van der Waals surface area contributed by atoms with Crippen LogP contribution >= 0.6 is 11.3 Å². The number of aryl methyl sites for hydroxylation is 2. The van der Waals surface area contributed by atoms with Gasteiger partial charge >= 0.3 is 0 Å². The normalized spacial score (nSPS) is 15.7. The number of thiazole rings is 1. The van der Waals surface area contributed by atoms with Gasteiger partial charge in [-0.2, -0.15) is 0 Å². The zero-order chi connectivity index (χ0) is 16.8. The maximum atomic E-state index is 12.3. The van der Waals surface area contributed by atoms with Crippen LogP contribution in [0.5, 0.6) is 0 Å². The van der Waals surface area contributed by atoms with Crippen molar-refractivity contribution in [1.82, 2.24) is 19.9 Å². The van der Waals surface area contributed by atoms with E-state index in [1.165, 1.54) is 4.88 Å². The van der Waals surface area contributed by atoms with Gasteiger partial charge in [0.05, 0.1) is 16.4 Å². The lowest BCUT2D eigenvalue weighted by atomic mass is 9.95. The Kier molecular flexibility index (Phi) is 4.14. The third-order valence-corrected chi connectivity index (χ3v) is 5.29. The maximum Gasteiger partial charge on any atom is 0.254 e. The summed E-state index contributed by atoms with van der Waals surface area (Å²) in [6.07, 6.45) is 0.763. The van der Waals surface area contributed by atoms with Gasteiger partial charge in [0.2, 0.25) is 0 Å². The van der Waals surface area contributed by atoms with Gasteiger partial charge in [0, 0.05) is 35.5 Å². The van der Waals surface area contributed by atoms with E-state index in [0.29, 0.717) is 0 Å². The van der Waals surface area contributed by atoms with Crippen molar-refractivity contribution in [2.24, 2.45) is 0 Å². The van der Waals surface area contributed by atoms with Crippen LogP contribution in [-0.2, 0) is 24.9 Å². The number of nitrogens with one attached hydrogen (secondary N) is 1. The molecule has 1 aliphatic rings. The van der Waals surface area contributed by atoms with Crippen LogP contribution in [0.2, 0.25) is 0 Å². The molecule has 23 heavy (non-hydrogen) atoms. The van der Waals surface area contributed by atoms with Crippen LogP contribution in [0.3, 0.4) is 0 Å². The van der Waals surface area contributed by atoms with Crippen LogP contribution in [0.4, 0.5) is 0 Å². The first-order chi connectivity index (χ1) is 10.7. The topological polar surface area (TPSA) is 61.9 Å². The van der Waals surface area contributed by atoms with Crippen molar-refractivity contribution in [1.29, 1.82) is 0 Å². The molecule has 0 spiro atoms. The number of H-pyrrole nitrogens is 1. The highest BCUT2D eigenvalue weighted by molar-refractivity contribution is 7.11. The van der Waals surface area contributed by atoms with E-state index in [9.17, 15) is 4.79 Å². The molecule has 3 rings (SSSR count). The fraction of sp³-hybridized carbons (Fsp3) is 0.588. The van der Waals surface area contributed by atoms with E-state index in [-0.39, 0.29) is 11.0 Å². The summed E-state index contributed by atoms with van der Waals surface area (Å²) in [4.78, 5) is 28.2. The van der Waals surface area contributed by atoms with Crippen molar-refractivity contribution < 1.29 is 0 Å². The molecule has 0 atom stereocenters. The van der Waals surface area contributed by atoms with Gasteiger partial charge in [-0.05, 0) is 20.3 Å². The molecule has 0 saturated carbocycles. The molecule has 1 aliphatic heterocycles. The summed E-state index contributed by atoms with van der Waals surface area (Å²) in [5.74, 6) is 0.771. The molecule has 0 unspecified atom stereocenters. The van der Waals surface area contributed by atoms with Gasteiger partial charge in [0.25, 0.3) is 5.56 Å². The van der Waals surface area contributed by atoms with Crippen molar-refractivity contribution in [3.8, 4) is 0 Å². The minimum atomic E-state index is -0.151. The number of aromatic nitrogens is 3. The molecular formula is C17H24N4OS. The molecule has 0 aliphatic carbocycles. The molecule has 5 nitrogen and oxygen atoms in total. The van der Waals surface area contributed by atoms with Gasteiger partial charge in [0.1, 0.15) is 5.82 Å². The van der Waals surface area contributed by atoms with Crippen LogP contribution in [0.25, 0.3) is 0 Å². The van der Waals surface area contributed by atoms with Crippen LogP contribution in [-0.4, -0.2) is 26.4 Å². The number of nitrogens with zero attached hydrogens (tertiary/aromatic N) is 3. The first-order valence-corrected chi connectivity index (χ1v) is 8.83. The van der Waals surface area contributed by atoms with Crippen molar-refractivity contribution in [3.63, 3.8) is 0 Å². The Morgan fingerprint density at radius 1 is 1.26 bits per heavy atom.